The molecule has 3 unspecified atom stereocenters. The van der Waals surface area contributed by atoms with Crippen molar-refractivity contribution in [3.8, 4) is 0 Å². The van der Waals surface area contributed by atoms with Gasteiger partial charge in [-0.3, -0.25) is 0 Å². The lowest BCUT2D eigenvalue weighted by atomic mass is 9.72. The van der Waals surface area contributed by atoms with Crippen LogP contribution in [0.1, 0.15) is 45.6 Å². The molecule has 3 atom stereocenters. The Morgan fingerprint density at radius 1 is 1.24 bits per heavy atom. The van der Waals surface area contributed by atoms with Gasteiger partial charge in [0.1, 0.15) is 5.82 Å². The van der Waals surface area contributed by atoms with Crippen molar-refractivity contribution in [1.82, 2.24) is 5.32 Å². The van der Waals surface area contributed by atoms with E-state index in [-0.39, 0.29) is 5.82 Å². The van der Waals surface area contributed by atoms with Crippen molar-refractivity contribution in [2.75, 3.05) is 6.54 Å². The molecule has 0 amide bonds. The van der Waals surface area contributed by atoms with E-state index in [2.05, 4.69) is 26.1 Å². The Balaban J connectivity index is 2.11. The first-order valence-electron chi connectivity index (χ1n) is 8.16. The van der Waals surface area contributed by atoms with Crippen LogP contribution in [0.15, 0.2) is 18.2 Å². The molecule has 1 aromatic rings. The highest BCUT2D eigenvalue weighted by atomic mass is 35.5. The van der Waals surface area contributed by atoms with Crippen molar-refractivity contribution in [2.45, 2.75) is 52.5 Å². The lowest BCUT2D eigenvalue weighted by Crippen LogP contribution is -2.41. The molecule has 1 nitrogen and oxygen atoms in total. The quantitative estimate of drug-likeness (QED) is 0.800. The summed E-state index contributed by atoms with van der Waals surface area (Å²) in [5.74, 6) is 2.01. The molecule has 2 rings (SSSR count). The Morgan fingerprint density at radius 2 is 1.90 bits per heavy atom. The van der Waals surface area contributed by atoms with Gasteiger partial charge in [0.05, 0.1) is 0 Å². The molecular formula is C18H27ClFN. The molecule has 21 heavy (non-hydrogen) atoms. The first-order chi connectivity index (χ1) is 9.99. The maximum absolute atomic E-state index is 13.2. The second-order valence-electron chi connectivity index (χ2n) is 6.78. The fraction of sp³-hybridized carbons (Fsp3) is 0.667. The summed E-state index contributed by atoms with van der Waals surface area (Å²) in [5, 5.41) is 4.18. The van der Waals surface area contributed by atoms with Gasteiger partial charge < -0.3 is 5.32 Å². The van der Waals surface area contributed by atoms with Crippen LogP contribution < -0.4 is 5.32 Å². The van der Waals surface area contributed by atoms with Crippen LogP contribution in [0.3, 0.4) is 0 Å². The Morgan fingerprint density at radius 3 is 2.48 bits per heavy atom. The van der Waals surface area contributed by atoms with Crippen LogP contribution in [0.5, 0.6) is 0 Å². The molecule has 0 aromatic heterocycles. The van der Waals surface area contributed by atoms with Crippen molar-refractivity contribution in [3.63, 3.8) is 0 Å². The van der Waals surface area contributed by atoms with Crippen LogP contribution in [-0.2, 0) is 6.42 Å². The summed E-state index contributed by atoms with van der Waals surface area (Å²) in [6.07, 6.45) is 4.78. The number of likely N-dealkylation sites (N-methyl/N-ethyl adjacent to an activating group) is 1. The zero-order valence-electron chi connectivity index (χ0n) is 13.3. The molecule has 1 fully saturated rings. The van der Waals surface area contributed by atoms with Crippen LogP contribution >= 0.6 is 11.6 Å². The molecule has 0 heterocycles. The summed E-state index contributed by atoms with van der Waals surface area (Å²) >= 11 is 6.20. The van der Waals surface area contributed by atoms with Crippen LogP contribution in [0.25, 0.3) is 0 Å². The number of benzene rings is 1. The minimum Gasteiger partial charge on any atom is -0.314 e. The summed E-state index contributed by atoms with van der Waals surface area (Å²) < 4.78 is 13.2. The smallest absolute Gasteiger partial charge is 0.124 e. The van der Waals surface area contributed by atoms with Crippen molar-refractivity contribution in [2.24, 2.45) is 17.8 Å². The van der Waals surface area contributed by atoms with E-state index in [0.29, 0.717) is 17.0 Å². The summed E-state index contributed by atoms with van der Waals surface area (Å²) in [5.41, 5.74) is 1.05. The van der Waals surface area contributed by atoms with Gasteiger partial charge in [0.15, 0.2) is 0 Å². The van der Waals surface area contributed by atoms with E-state index in [0.717, 1.165) is 30.4 Å². The Bertz CT molecular complexity index is 453. The third-order valence-electron chi connectivity index (χ3n) is 4.71. The van der Waals surface area contributed by atoms with E-state index in [4.69, 9.17) is 11.6 Å². The number of rotatable bonds is 5. The minimum absolute atomic E-state index is 0.260. The standard InChI is InChI=1S/C18H27ClFN/c1-4-21-18(15-8-12(2)7-13(3)9-15)10-14-5-6-16(20)11-17(14)19/h5-6,11-13,15,18,21H,4,7-10H2,1-3H3. The molecular weight excluding hydrogens is 285 g/mol. The molecule has 0 spiro atoms. The SMILES string of the molecule is CCNC(Cc1ccc(F)cc1Cl)C1CC(C)CC(C)C1. The Kier molecular flexibility index (Phi) is 6.07. The second-order valence-corrected chi connectivity index (χ2v) is 7.19. The Hall–Kier alpha value is -0.600. The van der Waals surface area contributed by atoms with Crippen LogP contribution in [0, 0.1) is 23.6 Å². The molecule has 1 aliphatic carbocycles. The van der Waals surface area contributed by atoms with Gasteiger partial charge in [0.2, 0.25) is 0 Å². The lowest BCUT2D eigenvalue weighted by molar-refractivity contribution is 0.176. The van der Waals surface area contributed by atoms with Crippen molar-refractivity contribution < 1.29 is 4.39 Å². The molecule has 0 bridgehead atoms. The number of nitrogens with one attached hydrogen (secondary N) is 1. The third-order valence-corrected chi connectivity index (χ3v) is 5.06. The maximum atomic E-state index is 13.2. The first kappa shape index (κ1) is 16.8. The number of halogens is 2. The summed E-state index contributed by atoms with van der Waals surface area (Å²) in [7, 11) is 0. The number of hydrogen-bond acceptors (Lipinski definition) is 1. The molecule has 1 aliphatic rings. The molecule has 0 saturated heterocycles. The average molecular weight is 312 g/mol. The zero-order chi connectivity index (χ0) is 15.4. The van der Waals surface area contributed by atoms with Crippen molar-refractivity contribution in [1.29, 1.82) is 0 Å². The molecule has 118 valence electrons. The first-order valence-corrected chi connectivity index (χ1v) is 8.54. The topological polar surface area (TPSA) is 12.0 Å². The summed E-state index contributed by atoms with van der Waals surface area (Å²) in [6.45, 7) is 7.82. The van der Waals surface area contributed by atoms with Crippen LogP contribution in [0.2, 0.25) is 5.02 Å². The largest absolute Gasteiger partial charge is 0.314 e. The number of hydrogen-bond donors (Lipinski definition) is 1. The maximum Gasteiger partial charge on any atom is 0.124 e. The van der Waals surface area contributed by atoms with Gasteiger partial charge in [-0.2, -0.15) is 0 Å². The predicted molar refractivity (Wildman–Crippen MR) is 88.2 cm³/mol. The molecule has 0 aliphatic heterocycles. The van der Waals surface area contributed by atoms with Crippen molar-refractivity contribution >= 4 is 11.6 Å². The van der Waals surface area contributed by atoms with E-state index >= 15 is 0 Å². The van der Waals surface area contributed by atoms with Gasteiger partial charge in [0, 0.05) is 11.1 Å². The molecule has 1 aromatic carbocycles. The lowest BCUT2D eigenvalue weighted by Gasteiger charge is -2.37. The van der Waals surface area contributed by atoms with Crippen LogP contribution in [-0.4, -0.2) is 12.6 Å². The van der Waals surface area contributed by atoms with E-state index in [1.807, 2.05) is 6.07 Å². The van der Waals surface area contributed by atoms with Gasteiger partial charge in [-0.05, 0) is 67.7 Å². The fourth-order valence-electron chi connectivity index (χ4n) is 3.93. The highest BCUT2D eigenvalue weighted by Gasteiger charge is 2.30. The predicted octanol–water partition coefficient (Wildman–Crippen LogP) is 5.07. The van der Waals surface area contributed by atoms with E-state index < -0.39 is 0 Å². The van der Waals surface area contributed by atoms with Gasteiger partial charge in [-0.25, -0.2) is 4.39 Å². The molecule has 1 N–H and O–H groups in total. The zero-order valence-corrected chi connectivity index (χ0v) is 14.1. The fourth-order valence-corrected chi connectivity index (χ4v) is 4.17. The third kappa shape index (κ3) is 4.69. The van der Waals surface area contributed by atoms with Gasteiger partial charge >= 0.3 is 0 Å². The Labute approximate surface area is 133 Å². The van der Waals surface area contributed by atoms with Gasteiger partial charge in [-0.15, -0.1) is 0 Å². The molecule has 0 radical (unpaired) electrons. The average Bonchev–Trinajstić information content (AvgIpc) is 2.40. The van der Waals surface area contributed by atoms with E-state index in [1.165, 1.54) is 31.4 Å². The molecule has 1 saturated carbocycles. The van der Waals surface area contributed by atoms with Gasteiger partial charge in [-0.1, -0.05) is 38.4 Å². The summed E-state index contributed by atoms with van der Waals surface area (Å²) in [6, 6.07) is 5.20. The van der Waals surface area contributed by atoms with Crippen LogP contribution in [0.4, 0.5) is 4.39 Å². The monoisotopic (exact) mass is 311 g/mol. The van der Waals surface area contributed by atoms with E-state index in [1.54, 1.807) is 0 Å². The van der Waals surface area contributed by atoms with E-state index in [9.17, 15) is 4.39 Å². The highest BCUT2D eigenvalue weighted by molar-refractivity contribution is 6.31. The van der Waals surface area contributed by atoms with Crippen molar-refractivity contribution in [3.05, 3.63) is 34.6 Å². The second kappa shape index (κ2) is 7.60. The van der Waals surface area contributed by atoms with Gasteiger partial charge in [0.25, 0.3) is 0 Å². The normalized spacial score (nSPS) is 27.6. The highest BCUT2D eigenvalue weighted by Crippen LogP contribution is 2.36. The molecule has 3 heteroatoms. The summed E-state index contributed by atoms with van der Waals surface area (Å²) in [4.78, 5) is 0. The minimum atomic E-state index is -0.260.